The van der Waals surface area contributed by atoms with Gasteiger partial charge in [-0.1, -0.05) is 58.4 Å². The molecular weight excluding hydrogens is 606 g/mol. The lowest BCUT2D eigenvalue weighted by molar-refractivity contribution is -0.141. The van der Waals surface area contributed by atoms with Gasteiger partial charge >= 0.3 is 0 Å². The third-order valence-electron chi connectivity index (χ3n) is 6.48. The van der Waals surface area contributed by atoms with Gasteiger partial charge in [0.1, 0.15) is 11.8 Å². The number of benzene rings is 3. The highest BCUT2D eigenvalue weighted by Crippen LogP contribution is 2.23. The molecule has 3 aromatic rings. The average molecular weight is 645 g/mol. The molecule has 3 rings (SSSR count). The molecule has 0 saturated carbocycles. The number of carbonyl (C=O) groups excluding carboxylic acids is 2. The van der Waals surface area contributed by atoms with Gasteiger partial charge in [-0.05, 0) is 67.8 Å². The van der Waals surface area contributed by atoms with Crippen molar-refractivity contribution in [3.8, 4) is 5.75 Å². The van der Waals surface area contributed by atoms with E-state index in [0.29, 0.717) is 31.0 Å². The Morgan fingerprint density at radius 1 is 0.927 bits per heavy atom. The van der Waals surface area contributed by atoms with Crippen LogP contribution in [0.1, 0.15) is 37.8 Å². The van der Waals surface area contributed by atoms with Gasteiger partial charge in [-0.3, -0.25) is 13.9 Å². The number of hydrogen-bond donors (Lipinski definition) is 1. The van der Waals surface area contributed by atoms with Gasteiger partial charge in [0.25, 0.3) is 0 Å². The zero-order chi connectivity index (χ0) is 29.8. The lowest BCUT2D eigenvalue weighted by Gasteiger charge is -2.32. The van der Waals surface area contributed by atoms with E-state index in [1.807, 2.05) is 68.4 Å². The van der Waals surface area contributed by atoms with Crippen LogP contribution in [0.5, 0.6) is 5.75 Å². The van der Waals surface area contributed by atoms with Crippen LogP contribution < -0.4 is 14.4 Å². The molecule has 0 aliphatic heterocycles. The molecule has 3 aromatic carbocycles. The van der Waals surface area contributed by atoms with Gasteiger partial charge < -0.3 is 15.0 Å². The monoisotopic (exact) mass is 643 g/mol. The Balaban J connectivity index is 1.83. The highest BCUT2D eigenvalue weighted by Gasteiger charge is 2.30. The third-order valence-corrected chi connectivity index (χ3v) is 8.20. The van der Waals surface area contributed by atoms with Crippen LogP contribution in [0.4, 0.5) is 5.69 Å². The molecule has 0 fully saturated rings. The molecule has 1 atom stereocenters. The lowest BCUT2D eigenvalue weighted by atomic mass is 10.0. The minimum Gasteiger partial charge on any atom is -0.494 e. The summed E-state index contributed by atoms with van der Waals surface area (Å²) >= 11 is 3.45. The van der Waals surface area contributed by atoms with Crippen molar-refractivity contribution in [3.63, 3.8) is 0 Å². The zero-order valence-corrected chi connectivity index (χ0v) is 26.2. The van der Waals surface area contributed by atoms with Crippen LogP contribution in [0.25, 0.3) is 0 Å². The van der Waals surface area contributed by atoms with Crippen LogP contribution in [-0.2, 0) is 32.6 Å². The predicted molar refractivity (Wildman–Crippen MR) is 166 cm³/mol. The van der Waals surface area contributed by atoms with Crippen LogP contribution in [0.3, 0.4) is 0 Å². The summed E-state index contributed by atoms with van der Waals surface area (Å²) in [5.74, 6) is 0.201. The number of likely N-dealkylation sites (N-methyl/N-ethyl adjacent to an activating group) is 1. The second-order valence-electron chi connectivity index (χ2n) is 9.61. The fraction of sp³-hybridized carbons (Fsp3) is 0.355. The average Bonchev–Trinajstić information content (AvgIpc) is 2.94. The number of rotatable bonds is 15. The minimum atomic E-state index is -3.59. The van der Waals surface area contributed by atoms with Gasteiger partial charge in [-0.2, -0.15) is 0 Å². The third kappa shape index (κ3) is 9.89. The number of ether oxygens (including phenoxy) is 1. The van der Waals surface area contributed by atoms with Crippen LogP contribution >= 0.6 is 15.9 Å². The SMILES string of the molecule is CCNC(=O)C(Cc1ccccc1)N(Cc1ccc(Br)cc1)C(=O)CCCN(c1ccc(OCC)cc1)S(C)(=O)=O. The fourth-order valence-corrected chi connectivity index (χ4v) is 5.74. The van der Waals surface area contributed by atoms with Crippen LogP contribution in [0.15, 0.2) is 83.3 Å². The van der Waals surface area contributed by atoms with E-state index in [0.717, 1.165) is 21.9 Å². The summed E-state index contributed by atoms with van der Waals surface area (Å²) < 4.78 is 32.9. The molecule has 0 bridgehead atoms. The predicted octanol–water partition coefficient (Wildman–Crippen LogP) is 5.17. The second kappa shape index (κ2) is 15.6. The summed E-state index contributed by atoms with van der Waals surface area (Å²) in [6.45, 7) is 5.04. The molecule has 10 heteroatoms. The Labute approximate surface area is 251 Å². The van der Waals surface area contributed by atoms with Crippen LogP contribution in [0.2, 0.25) is 0 Å². The second-order valence-corrected chi connectivity index (χ2v) is 12.4. The zero-order valence-electron chi connectivity index (χ0n) is 23.8. The Bertz CT molecular complexity index is 1370. The molecule has 0 aliphatic carbocycles. The molecule has 0 radical (unpaired) electrons. The van der Waals surface area contributed by atoms with E-state index in [1.165, 1.54) is 4.31 Å². The standard InChI is InChI=1S/C31H38BrN3O5S/c1-4-33-31(37)29(22-24-10-7-6-8-11-24)34(23-25-13-15-26(32)16-14-25)30(36)12-9-21-35(41(3,38)39)27-17-19-28(20-18-27)40-5-2/h6-8,10-11,13-20,29H,4-5,9,12,21-23H2,1-3H3,(H,33,37). The number of nitrogens with one attached hydrogen (secondary N) is 1. The first-order valence-corrected chi connectivity index (χ1v) is 16.3. The summed E-state index contributed by atoms with van der Waals surface area (Å²) in [6.07, 6.45) is 1.86. The van der Waals surface area contributed by atoms with Crippen LogP contribution in [0, 0.1) is 0 Å². The Morgan fingerprint density at radius 3 is 2.17 bits per heavy atom. The molecule has 0 aliphatic rings. The van der Waals surface area contributed by atoms with Crippen molar-refractivity contribution in [1.82, 2.24) is 10.2 Å². The lowest BCUT2D eigenvalue weighted by Crippen LogP contribution is -2.50. The topological polar surface area (TPSA) is 96.0 Å². The summed E-state index contributed by atoms with van der Waals surface area (Å²) in [4.78, 5) is 28.7. The van der Waals surface area contributed by atoms with E-state index in [1.54, 1.807) is 29.2 Å². The summed E-state index contributed by atoms with van der Waals surface area (Å²) in [5.41, 5.74) is 2.33. The van der Waals surface area contributed by atoms with Gasteiger partial charge in [0, 0.05) is 36.9 Å². The maximum absolute atomic E-state index is 13.8. The molecule has 0 aromatic heterocycles. The molecule has 1 unspecified atom stereocenters. The number of amides is 2. The molecule has 2 amide bonds. The Hall–Kier alpha value is -3.37. The summed E-state index contributed by atoms with van der Waals surface area (Å²) in [5, 5.41) is 2.89. The summed E-state index contributed by atoms with van der Waals surface area (Å²) in [7, 11) is -3.59. The van der Waals surface area contributed by atoms with E-state index in [-0.39, 0.29) is 37.7 Å². The van der Waals surface area contributed by atoms with Gasteiger partial charge in [0.2, 0.25) is 21.8 Å². The first kappa shape index (κ1) is 32.1. The van der Waals surface area contributed by atoms with Gasteiger partial charge in [-0.25, -0.2) is 8.42 Å². The highest BCUT2D eigenvalue weighted by atomic mass is 79.9. The van der Waals surface area contributed by atoms with Crippen molar-refractivity contribution in [1.29, 1.82) is 0 Å². The minimum absolute atomic E-state index is 0.0737. The number of sulfonamides is 1. The van der Waals surface area contributed by atoms with Crippen molar-refractivity contribution in [2.75, 3.05) is 30.3 Å². The molecule has 1 N–H and O–H groups in total. The summed E-state index contributed by atoms with van der Waals surface area (Å²) in [6, 6.07) is 23.3. The first-order valence-electron chi connectivity index (χ1n) is 13.7. The number of nitrogens with zero attached hydrogens (tertiary/aromatic N) is 2. The van der Waals surface area contributed by atoms with Gasteiger partial charge in [0.15, 0.2) is 0 Å². The van der Waals surface area contributed by atoms with E-state index >= 15 is 0 Å². The van der Waals surface area contributed by atoms with Crippen molar-refractivity contribution >= 4 is 43.5 Å². The van der Waals surface area contributed by atoms with E-state index in [9.17, 15) is 18.0 Å². The molecule has 41 heavy (non-hydrogen) atoms. The fourth-order valence-electron chi connectivity index (χ4n) is 4.51. The van der Waals surface area contributed by atoms with E-state index in [4.69, 9.17) is 4.74 Å². The van der Waals surface area contributed by atoms with Crippen molar-refractivity contribution in [3.05, 3.63) is 94.5 Å². The largest absolute Gasteiger partial charge is 0.494 e. The molecule has 8 nitrogen and oxygen atoms in total. The van der Waals surface area contributed by atoms with E-state index < -0.39 is 16.1 Å². The van der Waals surface area contributed by atoms with Gasteiger partial charge in [-0.15, -0.1) is 0 Å². The number of carbonyl (C=O) groups is 2. The number of halogens is 1. The molecule has 220 valence electrons. The van der Waals surface area contributed by atoms with Crippen molar-refractivity contribution < 1.29 is 22.7 Å². The van der Waals surface area contributed by atoms with Crippen molar-refractivity contribution in [2.24, 2.45) is 0 Å². The maximum atomic E-state index is 13.8. The highest BCUT2D eigenvalue weighted by molar-refractivity contribution is 9.10. The maximum Gasteiger partial charge on any atom is 0.243 e. The number of hydrogen-bond acceptors (Lipinski definition) is 5. The molecule has 0 spiro atoms. The van der Waals surface area contributed by atoms with E-state index in [2.05, 4.69) is 21.2 Å². The normalized spacial score (nSPS) is 11.9. The quantitative estimate of drug-likeness (QED) is 0.247. The van der Waals surface area contributed by atoms with Crippen molar-refractivity contribution in [2.45, 2.75) is 45.7 Å². The molecular formula is C31H38BrN3O5S. The van der Waals surface area contributed by atoms with Crippen LogP contribution in [-0.4, -0.2) is 57.1 Å². The molecule has 0 heterocycles. The van der Waals surface area contributed by atoms with Gasteiger partial charge in [0.05, 0.1) is 18.6 Å². The number of anilines is 1. The first-order chi connectivity index (χ1) is 19.6. The smallest absolute Gasteiger partial charge is 0.243 e. The molecule has 0 saturated heterocycles. The Kier molecular flexibility index (Phi) is 12.2. The Morgan fingerprint density at radius 2 is 1.59 bits per heavy atom.